The van der Waals surface area contributed by atoms with Gasteiger partial charge in [0.25, 0.3) is 0 Å². The summed E-state index contributed by atoms with van der Waals surface area (Å²) in [4.78, 5) is 0. The van der Waals surface area contributed by atoms with Gasteiger partial charge in [-0.3, -0.25) is 0 Å². The van der Waals surface area contributed by atoms with Crippen LogP contribution in [0.4, 0.5) is 0 Å². The summed E-state index contributed by atoms with van der Waals surface area (Å²) < 4.78 is 2.35. The molecule has 0 saturated heterocycles. The largest absolute Gasteiger partial charge is 0.310 e. The van der Waals surface area contributed by atoms with E-state index in [1.807, 2.05) is 13.1 Å². The monoisotopic (exact) mass is 351 g/mol. The maximum atomic E-state index is 3.79. The molecular formula is C10H11BrIN. The molecule has 0 radical (unpaired) electrons. The first-order valence-electron chi connectivity index (χ1n) is 3.93. The van der Waals surface area contributed by atoms with Crippen LogP contribution in [0.5, 0.6) is 0 Å². The smallest absolute Gasteiger partial charge is 0.0512 e. The number of hydrogen-bond donors (Lipinski definition) is 1. The van der Waals surface area contributed by atoms with E-state index in [2.05, 4.69) is 68.6 Å². The normalized spacial score (nSPS) is 12.5. The molecule has 3 heteroatoms. The van der Waals surface area contributed by atoms with Gasteiger partial charge >= 0.3 is 0 Å². The Kier molecular flexibility index (Phi) is 4.41. The van der Waals surface area contributed by atoms with Crippen LogP contribution in [0, 0.1) is 3.57 Å². The molecule has 1 aromatic carbocycles. The Bertz CT molecular complexity index is 312. The van der Waals surface area contributed by atoms with Crippen molar-refractivity contribution >= 4 is 38.5 Å². The first kappa shape index (κ1) is 11.2. The molecule has 1 aromatic rings. The summed E-state index contributed by atoms with van der Waals surface area (Å²) in [6.45, 7) is 3.79. The molecule has 0 amide bonds. The predicted octanol–water partition coefficient (Wildman–Crippen LogP) is 3.50. The van der Waals surface area contributed by atoms with Gasteiger partial charge in [-0.1, -0.05) is 22.0 Å². The average Bonchev–Trinajstić information content (AvgIpc) is 2.13. The SMILES string of the molecule is C=CC(NC)c1cc(I)ccc1Br. The topological polar surface area (TPSA) is 12.0 Å². The third kappa shape index (κ3) is 2.79. The van der Waals surface area contributed by atoms with Crippen LogP contribution >= 0.6 is 38.5 Å². The maximum Gasteiger partial charge on any atom is 0.0512 e. The van der Waals surface area contributed by atoms with Gasteiger partial charge in [-0.25, -0.2) is 0 Å². The summed E-state index contributed by atoms with van der Waals surface area (Å²) in [5.41, 5.74) is 1.23. The molecule has 0 aliphatic carbocycles. The van der Waals surface area contributed by atoms with E-state index in [0.717, 1.165) is 4.47 Å². The molecule has 0 bridgehead atoms. The summed E-state index contributed by atoms with van der Waals surface area (Å²) in [5.74, 6) is 0. The molecule has 0 aliphatic rings. The third-order valence-electron chi connectivity index (χ3n) is 1.84. The van der Waals surface area contributed by atoms with Gasteiger partial charge in [0.05, 0.1) is 6.04 Å². The lowest BCUT2D eigenvalue weighted by Crippen LogP contribution is -2.14. The van der Waals surface area contributed by atoms with Crippen molar-refractivity contribution in [3.05, 3.63) is 44.5 Å². The van der Waals surface area contributed by atoms with Crippen molar-refractivity contribution in [1.29, 1.82) is 0 Å². The second-order valence-electron chi connectivity index (χ2n) is 2.67. The summed E-state index contributed by atoms with van der Waals surface area (Å²) in [5, 5.41) is 3.18. The van der Waals surface area contributed by atoms with Crippen molar-refractivity contribution < 1.29 is 0 Å². The van der Waals surface area contributed by atoms with Crippen LogP contribution in [0.2, 0.25) is 0 Å². The molecule has 13 heavy (non-hydrogen) atoms. The van der Waals surface area contributed by atoms with E-state index in [-0.39, 0.29) is 6.04 Å². The van der Waals surface area contributed by atoms with Crippen molar-refractivity contribution in [2.45, 2.75) is 6.04 Å². The summed E-state index contributed by atoms with van der Waals surface area (Å²) in [7, 11) is 1.93. The van der Waals surface area contributed by atoms with Gasteiger partial charge in [0, 0.05) is 8.04 Å². The molecule has 0 spiro atoms. The highest BCUT2D eigenvalue weighted by molar-refractivity contribution is 14.1. The fraction of sp³-hybridized carbons (Fsp3) is 0.200. The fourth-order valence-corrected chi connectivity index (χ4v) is 2.16. The Morgan fingerprint density at radius 1 is 1.62 bits per heavy atom. The van der Waals surface area contributed by atoms with Crippen LogP contribution in [0.25, 0.3) is 0 Å². The second kappa shape index (κ2) is 5.12. The van der Waals surface area contributed by atoms with Gasteiger partial charge in [0.1, 0.15) is 0 Å². The van der Waals surface area contributed by atoms with Gasteiger partial charge in [0.15, 0.2) is 0 Å². The molecule has 1 nitrogen and oxygen atoms in total. The first-order chi connectivity index (χ1) is 6.19. The molecule has 70 valence electrons. The van der Waals surface area contributed by atoms with Gasteiger partial charge < -0.3 is 5.32 Å². The number of halogens is 2. The minimum absolute atomic E-state index is 0.212. The molecule has 1 N–H and O–H groups in total. The van der Waals surface area contributed by atoms with Crippen LogP contribution in [0.15, 0.2) is 35.3 Å². The zero-order valence-corrected chi connectivity index (χ0v) is 11.1. The lowest BCUT2D eigenvalue weighted by molar-refractivity contribution is 0.713. The molecule has 0 aliphatic heterocycles. The highest BCUT2D eigenvalue weighted by Gasteiger charge is 2.08. The Morgan fingerprint density at radius 2 is 2.31 bits per heavy atom. The minimum atomic E-state index is 0.212. The first-order valence-corrected chi connectivity index (χ1v) is 5.81. The van der Waals surface area contributed by atoms with Crippen molar-refractivity contribution in [1.82, 2.24) is 5.32 Å². The number of nitrogens with one attached hydrogen (secondary N) is 1. The summed E-state index contributed by atoms with van der Waals surface area (Å²) in [6, 6.07) is 6.49. The van der Waals surface area contributed by atoms with E-state index in [9.17, 15) is 0 Å². The van der Waals surface area contributed by atoms with Crippen molar-refractivity contribution in [3.8, 4) is 0 Å². The Labute approximate surface area is 101 Å². The highest BCUT2D eigenvalue weighted by atomic mass is 127. The van der Waals surface area contributed by atoms with E-state index in [0.29, 0.717) is 0 Å². The molecular weight excluding hydrogens is 341 g/mol. The lowest BCUT2D eigenvalue weighted by atomic mass is 10.1. The average molecular weight is 352 g/mol. The number of likely N-dealkylation sites (N-methyl/N-ethyl adjacent to an activating group) is 1. The highest BCUT2D eigenvalue weighted by Crippen LogP contribution is 2.25. The zero-order valence-electron chi connectivity index (χ0n) is 7.35. The zero-order chi connectivity index (χ0) is 9.84. The van der Waals surface area contributed by atoms with Gasteiger partial charge in [0.2, 0.25) is 0 Å². The standard InChI is InChI=1S/C10H11BrIN/c1-3-10(13-2)8-6-7(12)4-5-9(8)11/h3-6,10,13H,1H2,2H3. The molecule has 0 heterocycles. The van der Waals surface area contributed by atoms with Crippen molar-refractivity contribution in [2.24, 2.45) is 0 Å². The van der Waals surface area contributed by atoms with Crippen molar-refractivity contribution in [2.75, 3.05) is 7.05 Å². The van der Waals surface area contributed by atoms with Crippen LogP contribution < -0.4 is 5.32 Å². The Morgan fingerprint density at radius 3 is 2.85 bits per heavy atom. The molecule has 1 rings (SSSR count). The van der Waals surface area contributed by atoms with Crippen LogP contribution in [-0.2, 0) is 0 Å². The summed E-state index contributed by atoms with van der Waals surface area (Å²) in [6.07, 6.45) is 1.90. The minimum Gasteiger partial charge on any atom is -0.310 e. The quantitative estimate of drug-likeness (QED) is 0.649. The predicted molar refractivity (Wildman–Crippen MR) is 68.9 cm³/mol. The van der Waals surface area contributed by atoms with Gasteiger partial charge in [-0.2, -0.15) is 0 Å². The van der Waals surface area contributed by atoms with E-state index in [4.69, 9.17) is 0 Å². The number of hydrogen-bond acceptors (Lipinski definition) is 1. The third-order valence-corrected chi connectivity index (χ3v) is 3.23. The van der Waals surface area contributed by atoms with Crippen LogP contribution in [0.1, 0.15) is 11.6 Å². The second-order valence-corrected chi connectivity index (χ2v) is 4.77. The fourth-order valence-electron chi connectivity index (χ4n) is 1.15. The van der Waals surface area contributed by atoms with E-state index < -0.39 is 0 Å². The van der Waals surface area contributed by atoms with E-state index in [1.54, 1.807) is 0 Å². The van der Waals surface area contributed by atoms with Crippen molar-refractivity contribution in [3.63, 3.8) is 0 Å². The van der Waals surface area contributed by atoms with E-state index in [1.165, 1.54) is 9.13 Å². The molecule has 1 atom stereocenters. The number of benzene rings is 1. The Balaban J connectivity index is 3.10. The maximum absolute atomic E-state index is 3.79. The Hall–Kier alpha value is 0.130. The molecule has 0 aromatic heterocycles. The molecule has 0 saturated carbocycles. The van der Waals surface area contributed by atoms with Crippen LogP contribution in [0.3, 0.4) is 0 Å². The number of rotatable bonds is 3. The summed E-state index contributed by atoms with van der Waals surface area (Å²) >= 11 is 5.83. The van der Waals surface area contributed by atoms with E-state index >= 15 is 0 Å². The molecule has 1 unspecified atom stereocenters. The molecule has 0 fully saturated rings. The van der Waals surface area contributed by atoms with Gasteiger partial charge in [-0.05, 0) is 53.4 Å². The van der Waals surface area contributed by atoms with Crippen LogP contribution in [-0.4, -0.2) is 7.05 Å². The lowest BCUT2D eigenvalue weighted by Gasteiger charge is -2.13. The van der Waals surface area contributed by atoms with Gasteiger partial charge in [-0.15, -0.1) is 6.58 Å².